The molecule has 5 aromatic rings. The SMILES string of the molecule is COC(=O)c1cnc(O[C@H]2CC[C@H]2O[Si](c2ccccc2)c2ccc(C(C)(C)C)cc2)c(F)c1-c1c(Cl)c(F)cc2c1C[C@](c1ccccc1)([C@@H]1CCCN1C(=O)OC(C)(C)C)O2. The lowest BCUT2D eigenvalue weighted by Gasteiger charge is -2.40. The summed E-state index contributed by atoms with van der Waals surface area (Å²) in [5.74, 6) is -3.11. The van der Waals surface area contributed by atoms with Crippen molar-refractivity contribution in [3.05, 3.63) is 136 Å². The van der Waals surface area contributed by atoms with Gasteiger partial charge in [0.1, 0.15) is 23.3 Å². The minimum atomic E-state index is -1.76. The van der Waals surface area contributed by atoms with Gasteiger partial charge in [0.25, 0.3) is 14.9 Å². The van der Waals surface area contributed by atoms with Gasteiger partial charge in [-0.1, -0.05) is 117 Å². The number of methoxy groups -OCH3 is 1. The lowest BCUT2D eigenvalue weighted by molar-refractivity contribution is -0.0237. The number of amides is 1. The average molecular weight is 895 g/mol. The van der Waals surface area contributed by atoms with E-state index in [1.807, 2.05) is 48.5 Å². The monoisotopic (exact) mass is 893 g/mol. The van der Waals surface area contributed by atoms with E-state index in [-0.39, 0.29) is 34.3 Å². The van der Waals surface area contributed by atoms with E-state index in [0.29, 0.717) is 43.4 Å². The fraction of sp³-hybridized carbons (Fsp3) is 0.380. The quantitative estimate of drug-likeness (QED) is 0.101. The number of rotatable bonds is 10. The standard InChI is InChI=1S/C50H52ClF2N2O7Si/c1-48(2,3)30-20-22-33(23-21-30)63(32-17-12-9-13-18-32)62-38-25-24-37(38)59-45-44(53)42(35(29-54-45)46(56)58-7)41-34-28-50(31-15-10-8-11-16-31,60-39(34)27-36(52)43(41)51)40-19-14-26-55(40)47(57)61-49(4,5)6/h8-13,15-18,20-23,27,29,37-38,40H,14,19,24-26,28H2,1-7H3/t37-,38+,40-,50-/m0/s1. The number of carbonyl (C=O) groups is 2. The lowest BCUT2D eigenvalue weighted by atomic mass is 9.80. The average Bonchev–Trinajstić information content (AvgIpc) is 3.90. The molecule has 0 bridgehead atoms. The van der Waals surface area contributed by atoms with Crippen LogP contribution < -0.4 is 19.8 Å². The molecule has 0 N–H and O–H groups in total. The van der Waals surface area contributed by atoms with Crippen molar-refractivity contribution in [3.8, 4) is 22.8 Å². The first kappa shape index (κ1) is 44.3. The number of benzene rings is 4. The predicted molar refractivity (Wildman–Crippen MR) is 239 cm³/mol. The van der Waals surface area contributed by atoms with Gasteiger partial charge in [-0.3, -0.25) is 0 Å². The molecule has 1 saturated heterocycles. The number of nitrogens with zero attached hydrogens (tertiary/aromatic N) is 2. The third-order valence-electron chi connectivity index (χ3n) is 12.1. The zero-order chi connectivity index (χ0) is 44.8. The Bertz CT molecular complexity index is 2500. The van der Waals surface area contributed by atoms with E-state index in [4.69, 9.17) is 35.0 Å². The molecule has 1 radical (unpaired) electrons. The van der Waals surface area contributed by atoms with Crippen molar-refractivity contribution in [2.75, 3.05) is 13.7 Å². The van der Waals surface area contributed by atoms with Crippen LogP contribution in [0.15, 0.2) is 97.2 Å². The number of pyridine rings is 1. The molecule has 1 saturated carbocycles. The molecule has 0 unspecified atom stereocenters. The highest BCUT2D eigenvalue weighted by Gasteiger charge is 2.54. The molecule has 8 rings (SSSR count). The van der Waals surface area contributed by atoms with Gasteiger partial charge < -0.3 is 28.3 Å². The molecule has 13 heteroatoms. The van der Waals surface area contributed by atoms with Crippen molar-refractivity contribution < 1.29 is 41.7 Å². The summed E-state index contributed by atoms with van der Waals surface area (Å²) >= 11 is 6.87. The first-order valence-electron chi connectivity index (χ1n) is 21.4. The Labute approximate surface area is 374 Å². The van der Waals surface area contributed by atoms with Crippen LogP contribution in [0.2, 0.25) is 5.02 Å². The highest BCUT2D eigenvalue weighted by molar-refractivity contribution is 6.80. The van der Waals surface area contributed by atoms with Gasteiger partial charge in [-0.25, -0.2) is 23.4 Å². The Balaban J connectivity index is 1.16. The number of ether oxygens (including phenoxy) is 4. The van der Waals surface area contributed by atoms with Crippen LogP contribution in [0.25, 0.3) is 11.1 Å². The van der Waals surface area contributed by atoms with Gasteiger partial charge in [-0.15, -0.1) is 0 Å². The molecule has 2 aliphatic heterocycles. The van der Waals surface area contributed by atoms with Gasteiger partial charge >= 0.3 is 12.1 Å². The molecule has 0 spiro atoms. The van der Waals surface area contributed by atoms with Crippen molar-refractivity contribution in [1.82, 2.24) is 9.88 Å². The van der Waals surface area contributed by atoms with Gasteiger partial charge in [-0.2, -0.15) is 0 Å². The fourth-order valence-corrected chi connectivity index (χ4v) is 11.2. The number of hydrogen-bond donors (Lipinski definition) is 0. The van der Waals surface area contributed by atoms with Crippen LogP contribution in [0, 0.1) is 11.6 Å². The summed E-state index contributed by atoms with van der Waals surface area (Å²) in [5, 5.41) is 1.70. The van der Waals surface area contributed by atoms with Crippen LogP contribution in [0.1, 0.15) is 94.3 Å². The molecule has 1 aliphatic carbocycles. The fourth-order valence-electron chi connectivity index (χ4n) is 8.79. The van der Waals surface area contributed by atoms with Crippen LogP contribution >= 0.6 is 11.6 Å². The molecule has 4 atom stereocenters. The molecule has 4 aromatic carbocycles. The van der Waals surface area contributed by atoms with Crippen LogP contribution in [0.3, 0.4) is 0 Å². The van der Waals surface area contributed by atoms with E-state index in [0.717, 1.165) is 10.4 Å². The van der Waals surface area contributed by atoms with Crippen molar-refractivity contribution >= 4 is 43.1 Å². The first-order valence-corrected chi connectivity index (χ1v) is 23.2. The van der Waals surface area contributed by atoms with Gasteiger partial charge in [0.05, 0.1) is 29.8 Å². The minimum Gasteiger partial charge on any atom is -0.480 e. The van der Waals surface area contributed by atoms with Crippen molar-refractivity contribution in [2.24, 2.45) is 0 Å². The highest BCUT2D eigenvalue weighted by Crippen LogP contribution is 2.54. The third kappa shape index (κ3) is 8.69. The van der Waals surface area contributed by atoms with Gasteiger partial charge in [0, 0.05) is 41.9 Å². The summed E-state index contributed by atoms with van der Waals surface area (Å²) in [6.07, 6.45) is 2.17. The number of fused-ring (bicyclic) bond motifs is 1. The normalized spacial score (nSPS) is 20.8. The molecular weight excluding hydrogens is 842 g/mol. The lowest BCUT2D eigenvalue weighted by Crippen LogP contribution is -2.54. The summed E-state index contributed by atoms with van der Waals surface area (Å²) in [4.78, 5) is 33.1. The molecule has 1 aromatic heterocycles. The Kier molecular flexibility index (Phi) is 12.2. The predicted octanol–water partition coefficient (Wildman–Crippen LogP) is 9.73. The second-order valence-electron chi connectivity index (χ2n) is 18.5. The van der Waals surface area contributed by atoms with E-state index in [1.165, 1.54) is 24.9 Å². The molecular formula is C50H52ClF2N2O7Si. The Morgan fingerprint density at radius 2 is 1.52 bits per heavy atom. The molecule has 63 heavy (non-hydrogen) atoms. The molecule has 3 heterocycles. The number of halogens is 3. The van der Waals surface area contributed by atoms with Crippen LogP contribution in [0.4, 0.5) is 13.6 Å². The second kappa shape index (κ2) is 17.3. The number of carbonyl (C=O) groups excluding carboxylic acids is 2. The van der Waals surface area contributed by atoms with Crippen LogP contribution in [-0.4, -0.2) is 68.5 Å². The summed E-state index contributed by atoms with van der Waals surface area (Å²) in [6, 6.07) is 28.5. The Morgan fingerprint density at radius 1 is 0.873 bits per heavy atom. The van der Waals surface area contributed by atoms with Crippen LogP contribution in [-0.2, 0) is 31.3 Å². The smallest absolute Gasteiger partial charge is 0.410 e. The largest absolute Gasteiger partial charge is 0.480 e. The summed E-state index contributed by atoms with van der Waals surface area (Å²) in [7, 11) is -0.597. The zero-order valence-electron chi connectivity index (χ0n) is 36.6. The van der Waals surface area contributed by atoms with Gasteiger partial charge in [0.2, 0.25) is 0 Å². The maximum Gasteiger partial charge on any atom is 0.410 e. The highest BCUT2D eigenvalue weighted by atomic mass is 35.5. The molecule has 3 aliphatic rings. The maximum absolute atomic E-state index is 17.5. The zero-order valence-corrected chi connectivity index (χ0v) is 38.4. The van der Waals surface area contributed by atoms with Gasteiger partial charge in [0.15, 0.2) is 11.4 Å². The van der Waals surface area contributed by atoms with E-state index < -0.39 is 73.1 Å². The van der Waals surface area contributed by atoms with E-state index in [2.05, 4.69) is 62.2 Å². The number of aromatic nitrogens is 1. The number of esters is 1. The topological polar surface area (TPSA) is 96.4 Å². The summed E-state index contributed by atoms with van der Waals surface area (Å²) in [5.41, 5.74) is -0.468. The Morgan fingerprint density at radius 3 is 2.14 bits per heavy atom. The molecule has 9 nitrogen and oxygen atoms in total. The second-order valence-corrected chi connectivity index (χ2v) is 20.9. The van der Waals surface area contributed by atoms with Gasteiger partial charge in [-0.05, 0) is 73.4 Å². The molecule has 1 amide bonds. The van der Waals surface area contributed by atoms with Crippen molar-refractivity contribution in [1.29, 1.82) is 0 Å². The van der Waals surface area contributed by atoms with Crippen LogP contribution in [0.5, 0.6) is 11.6 Å². The van der Waals surface area contributed by atoms with Crippen molar-refractivity contribution in [2.45, 2.75) is 109 Å². The summed E-state index contributed by atoms with van der Waals surface area (Å²) in [6.45, 7) is 12.3. The van der Waals surface area contributed by atoms with E-state index >= 15 is 8.78 Å². The maximum atomic E-state index is 17.5. The number of hydrogen-bond acceptors (Lipinski definition) is 8. The van der Waals surface area contributed by atoms with E-state index in [9.17, 15) is 9.59 Å². The van der Waals surface area contributed by atoms with E-state index in [1.54, 1.807) is 25.7 Å². The van der Waals surface area contributed by atoms with Crippen molar-refractivity contribution in [3.63, 3.8) is 0 Å². The molecule has 2 fully saturated rings. The minimum absolute atomic E-state index is 0.0158. The number of likely N-dealkylation sites (tertiary alicyclic amines) is 1. The third-order valence-corrected chi connectivity index (χ3v) is 14.7. The first-order chi connectivity index (χ1) is 30.0. The Hall–Kier alpha value is -5.30. The summed E-state index contributed by atoms with van der Waals surface area (Å²) < 4.78 is 64.7. The molecule has 329 valence electrons.